The van der Waals surface area contributed by atoms with Crippen molar-refractivity contribution in [2.24, 2.45) is 0 Å². The third kappa shape index (κ3) is 14.8. The second-order valence-corrected chi connectivity index (χ2v) is 2.76. The Morgan fingerprint density at radius 1 is 0.947 bits per heavy atom. The van der Waals surface area contributed by atoms with Crippen LogP contribution in [0.3, 0.4) is 0 Å². The summed E-state index contributed by atoms with van der Waals surface area (Å²) in [6, 6.07) is 0. The van der Waals surface area contributed by atoms with Crippen LogP contribution in [0.1, 0.15) is 0 Å². The molecule has 0 heterocycles. The molecule has 4 atom stereocenters. The van der Waals surface area contributed by atoms with Crippen molar-refractivity contribution >= 4 is 12.1 Å². The molecule has 102 valence electrons. The maximum Gasteiger partial charge on any atom is 1.00 e. The van der Waals surface area contributed by atoms with Crippen molar-refractivity contribution in [2.45, 2.75) is 24.4 Å². The van der Waals surface area contributed by atoms with Crippen molar-refractivity contribution in [2.75, 3.05) is 6.61 Å². The van der Waals surface area contributed by atoms with Crippen LogP contribution >= 0.6 is 0 Å². The summed E-state index contributed by atoms with van der Waals surface area (Å²) in [5.74, 6) is -1.73. The van der Waals surface area contributed by atoms with E-state index in [9.17, 15) is 4.79 Å². The van der Waals surface area contributed by atoms with Gasteiger partial charge in [0.25, 0.3) is 0 Å². The Kier molecular flexibility index (Phi) is 21.9. The van der Waals surface area contributed by atoms with E-state index < -0.39 is 43.1 Å². The molecule has 0 rings (SSSR count). The maximum absolute atomic E-state index is 10.1. The summed E-state index contributed by atoms with van der Waals surface area (Å²) in [7, 11) is 0. The number of aliphatic hydroxyl groups is 5. The quantitative estimate of drug-likeness (QED) is 0.265. The minimum atomic E-state index is -2.33. The zero-order chi connectivity index (χ0) is 14.2. The Bertz CT molecular complexity index is 246. The van der Waals surface area contributed by atoms with Crippen LogP contribution in [0, 0.1) is 0 Å². The molecular formula is C7H12Na2O10. The van der Waals surface area contributed by atoms with Crippen molar-refractivity contribution in [1.82, 2.24) is 0 Å². The third-order valence-corrected chi connectivity index (χ3v) is 1.51. The van der Waals surface area contributed by atoms with Gasteiger partial charge in [-0.3, -0.25) is 0 Å². The van der Waals surface area contributed by atoms with E-state index in [2.05, 4.69) is 0 Å². The van der Waals surface area contributed by atoms with Crippen LogP contribution in [-0.2, 0) is 4.79 Å². The molecule has 0 aromatic rings. The zero-order valence-electron chi connectivity index (χ0n) is 10.3. The first kappa shape index (κ1) is 27.8. The van der Waals surface area contributed by atoms with Gasteiger partial charge in [0, 0.05) is 0 Å². The van der Waals surface area contributed by atoms with Gasteiger partial charge in [-0.05, 0) is 6.16 Å². The van der Waals surface area contributed by atoms with Gasteiger partial charge in [0.1, 0.15) is 18.3 Å². The van der Waals surface area contributed by atoms with Gasteiger partial charge >= 0.3 is 65.1 Å². The normalized spacial score (nSPS) is 15.2. The molecule has 12 heteroatoms. The van der Waals surface area contributed by atoms with Crippen molar-refractivity contribution in [3.63, 3.8) is 0 Å². The summed E-state index contributed by atoms with van der Waals surface area (Å²) in [6.07, 6.45) is -10.2. The average Bonchev–Trinajstić information content (AvgIpc) is 2.23. The fraction of sp³-hybridized carbons (Fsp3) is 0.714. The first-order valence-electron chi connectivity index (χ1n) is 4.09. The molecule has 0 aromatic carbocycles. The number of carboxylic acids is 1. The molecule has 0 aliphatic carbocycles. The predicted octanol–water partition coefficient (Wildman–Crippen LogP) is -11.9. The number of carbonyl (C=O) groups is 2. The molecule has 19 heavy (non-hydrogen) atoms. The van der Waals surface area contributed by atoms with Gasteiger partial charge in [-0.15, -0.1) is 0 Å². The fourth-order valence-electron chi connectivity index (χ4n) is 0.668. The average molecular weight is 302 g/mol. The third-order valence-electron chi connectivity index (χ3n) is 1.51. The minimum Gasteiger partial charge on any atom is -0.652 e. The Balaban J connectivity index is -0.000000165. The molecule has 0 saturated heterocycles. The van der Waals surface area contributed by atoms with Crippen molar-refractivity contribution in [1.29, 1.82) is 0 Å². The van der Waals surface area contributed by atoms with Crippen LogP contribution in [-0.4, -0.2) is 73.8 Å². The fourth-order valence-corrected chi connectivity index (χ4v) is 0.668. The molecule has 4 unspecified atom stereocenters. The van der Waals surface area contributed by atoms with Crippen LogP contribution in [0.15, 0.2) is 0 Å². The molecule has 0 aliphatic rings. The summed E-state index contributed by atoms with van der Waals surface area (Å²) in [4.78, 5) is 18.4. The Labute approximate surface area is 151 Å². The van der Waals surface area contributed by atoms with Crippen LogP contribution in [0.4, 0.5) is 4.79 Å². The van der Waals surface area contributed by atoms with Gasteiger partial charge in [-0.25, -0.2) is 4.79 Å². The van der Waals surface area contributed by atoms with Gasteiger partial charge in [0.05, 0.1) is 6.61 Å². The van der Waals surface area contributed by atoms with E-state index in [1.165, 1.54) is 0 Å². The summed E-state index contributed by atoms with van der Waals surface area (Å²) < 4.78 is 0. The number of rotatable bonds is 5. The first-order valence-corrected chi connectivity index (χ1v) is 4.09. The number of aliphatic hydroxyl groups excluding tert-OH is 5. The molecule has 0 saturated carbocycles. The van der Waals surface area contributed by atoms with E-state index in [-0.39, 0.29) is 59.1 Å². The second kappa shape index (κ2) is 14.9. The van der Waals surface area contributed by atoms with E-state index in [1.807, 2.05) is 0 Å². The summed E-state index contributed by atoms with van der Waals surface area (Å²) in [6.45, 7) is -0.843. The predicted molar refractivity (Wildman–Crippen MR) is 44.1 cm³/mol. The van der Waals surface area contributed by atoms with Gasteiger partial charge in [-0.1, -0.05) is 0 Å². The minimum absolute atomic E-state index is 0. The van der Waals surface area contributed by atoms with Crippen molar-refractivity contribution < 1.29 is 110 Å². The number of hydrogen-bond acceptors (Lipinski definition) is 9. The van der Waals surface area contributed by atoms with E-state index in [0.717, 1.165) is 0 Å². The van der Waals surface area contributed by atoms with Crippen molar-refractivity contribution in [3.05, 3.63) is 0 Å². The molecule has 0 aliphatic heterocycles. The van der Waals surface area contributed by atoms with Crippen LogP contribution in [0.5, 0.6) is 0 Å². The zero-order valence-corrected chi connectivity index (χ0v) is 14.3. The SMILES string of the molecule is O=C(O)C(O)C(O)C(O)C(O)CO.O=C([O-])[O-].[Na+].[Na+]. The number of carbonyl (C=O) groups excluding carboxylic acids is 1. The molecule has 0 fully saturated rings. The summed E-state index contributed by atoms with van der Waals surface area (Å²) in [5, 5.41) is 68.5. The van der Waals surface area contributed by atoms with E-state index >= 15 is 0 Å². The number of hydrogen-bond donors (Lipinski definition) is 6. The van der Waals surface area contributed by atoms with E-state index in [4.69, 9.17) is 45.6 Å². The van der Waals surface area contributed by atoms with Gasteiger partial charge < -0.3 is 45.6 Å². The maximum atomic E-state index is 10.1. The summed E-state index contributed by atoms with van der Waals surface area (Å²) in [5.41, 5.74) is 0. The molecule has 0 amide bonds. The monoisotopic (exact) mass is 302 g/mol. The standard InChI is InChI=1S/C6H12O7.CH2O3.2Na/c7-1-2(8)3(9)4(10)5(11)6(12)13;2-1(3)4;;/h2-5,7-11H,1H2,(H,12,13);(H2,2,3,4);;/q;;2*+1/p-2. The van der Waals surface area contributed by atoms with Crippen LogP contribution in [0.2, 0.25) is 0 Å². The van der Waals surface area contributed by atoms with E-state index in [1.54, 1.807) is 0 Å². The van der Waals surface area contributed by atoms with Crippen molar-refractivity contribution in [3.8, 4) is 0 Å². The van der Waals surface area contributed by atoms with Gasteiger partial charge in [-0.2, -0.15) is 0 Å². The van der Waals surface area contributed by atoms with Gasteiger partial charge in [0.2, 0.25) is 0 Å². The molecule has 10 nitrogen and oxygen atoms in total. The molecule has 0 bridgehead atoms. The second-order valence-electron chi connectivity index (χ2n) is 2.76. The molecular weight excluding hydrogens is 290 g/mol. The largest absolute Gasteiger partial charge is 1.00 e. The molecule has 0 spiro atoms. The molecule has 0 aromatic heterocycles. The van der Waals surface area contributed by atoms with Gasteiger partial charge in [0.15, 0.2) is 6.10 Å². The molecule has 6 N–H and O–H groups in total. The Morgan fingerprint density at radius 3 is 1.47 bits per heavy atom. The van der Waals surface area contributed by atoms with E-state index in [0.29, 0.717) is 0 Å². The molecule has 0 radical (unpaired) electrons. The Hall–Kier alpha value is 0.540. The Morgan fingerprint density at radius 2 is 1.26 bits per heavy atom. The number of aliphatic carboxylic acids is 1. The summed E-state index contributed by atoms with van der Waals surface area (Å²) >= 11 is 0. The van der Waals surface area contributed by atoms with Crippen LogP contribution in [0.25, 0.3) is 0 Å². The van der Waals surface area contributed by atoms with Crippen LogP contribution < -0.4 is 69.3 Å². The topological polar surface area (TPSA) is 202 Å². The number of carboxylic acid groups (broad SMARTS) is 3. The smallest absolute Gasteiger partial charge is 0.652 e. The first-order chi connectivity index (χ1) is 7.64.